The molecule has 1 aromatic carbocycles. The number of thioether (sulfide) groups is 1. The van der Waals surface area contributed by atoms with Crippen LogP contribution in [0.4, 0.5) is 4.39 Å². The van der Waals surface area contributed by atoms with Crippen LogP contribution in [0.3, 0.4) is 0 Å². The van der Waals surface area contributed by atoms with E-state index < -0.39 is 6.10 Å². The van der Waals surface area contributed by atoms with E-state index in [1.165, 1.54) is 12.1 Å². The molecule has 0 aromatic heterocycles. The van der Waals surface area contributed by atoms with Gasteiger partial charge >= 0.3 is 0 Å². The van der Waals surface area contributed by atoms with E-state index in [2.05, 4.69) is 0 Å². The Morgan fingerprint density at radius 2 is 2.14 bits per heavy atom. The van der Waals surface area contributed by atoms with Gasteiger partial charge in [-0.1, -0.05) is 12.1 Å². The molecule has 1 amide bonds. The van der Waals surface area contributed by atoms with Crippen LogP contribution in [0.25, 0.3) is 0 Å². The van der Waals surface area contributed by atoms with Crippen molar-refractivity contribution in [3.8, 4) is 0 Å². The van der Waals surface area contributed by atoms with Gasteiger partial charge in [0.25, 0.3) is 0 Å². The standard InChI is InChI=1S/C17H22FNO2S/c1-22-17(8-9-17)16(21)19-10-2-3-14(19)11-15(20)12-4-6-13(18)7-5-12/h4-7,14-15,20H,2-3,8-11H2,1H3/t14-,15-/m1/s1. The summed E-state index contributed by atoms with van der Waals surface area (Å²) < 4.78 is 12.8. The van der Waals surface area contributed by atoms with E-state index in [0.717, 1.165) is 32.2 Å². The lowest BCUT2D eigenvalue weighted by Gasteiger charge is -2.29. The highest BCUT2D eigenvalue weighted by atomic mass is 32.2. The molecule has 0 unspecified atom stereocenters. The first kappa shape index (κ1) is 15.8. The fraction of sp³-hybridized carbons (Fsp3) is 0.588. The van der Waals surface area contributed by atoms with Crippen LogP contribution in [0.2, 0.25) is 0 Å². The molecule has 2 fully saturated rings. The van der Waals surface area contributed by atoms with E-state index in [-0.39, 0.29) is 22.5 Å². The lowest BCUT2D eigenvalue weighted by atomic mass is 10.0. The van der Waals surface area contributed by atoms with Crippen molar-refractivity contribution in [1.29, 1.82) is 0 Å². The molecule has 2 atom stereocenters. The number of aliphatic hydroxyl groups excluding tert-OH is 1. The van der Waals surface area contributed by atoms with Crippen molar-refractivity contribution in [2.75, 3.05) is 12.8 Å². The largest absolute Gasteiger partial charge is 0.388 e. The minimum Gasteiger partial charge on any atom is -0.388 e. The van der Waals surface area contributed by atoms with Gasteiger partial charge in [-0.25, -0.2) is 4.39 Å². The van der Waals surface area contributed by atoms with Gasteiger partial charge in [-0.3, -0.25) is 4.79 Å². The molecule has 1 aliphatic heterocycles. The van der Waals surface area contributed by atoms with Crippen LogP contribution in [0.15, 0.2) is 24.3 Å². The molecule has 1 aromatic rings. The zero-order chi connectivity index (χ0) is 15.7. The second-order valence-electron chi connectivity index (χ2n) is 6.30. The number of amides is 1. The maximum atomic E-state index is 13.0. The van der Waals surface area contributed by atoms with Crippen LogP contribution in [-0.4, -0.2) is 39.5 Å². The first-order valence-electron chi connectivity index (χ1n) is 7.85. The lowest BCUT2D eigenvalue weighted by Crippen LogP contribution is -2.42. The summed E-state index contributed by atoms with van der Waals surface area (Å²) in [5.74, 6) is -0.0573. The summed E-state index contributed by atoms with van der Waals surface area (Å²) in [5, 5.41) is 10.4. The number of benzene rings is 1. The van der Waals surface area contributed by atoms with Crippen molar-refractivity contribution in [2.45, 2.75) is 49.0 Å². The van der Waals surface area contributed by atoms with E-state index >= 15 is 0 Å². The maximum absolute atomic E-state index is 13.0. The molecular formula is C17H22FNO2S. The maximum Gasteiger partial charge on any atom is 0.239 e. The fourth-order valence-corrected chi connectivity index (χ4v) is 4.11. The Kier molecular flexibility index (Phi) is 4.46. The van der Waals surface area contributed by atoms with Gasteiger partial charge in [0.05, 0.1) is 10.9 Å². The average molecular weight is 323 g/mol. The van der Waals surface area contributed by atoms with E-state index in [1.54, 1.807) is 23.9 Å². The Morgan fingerprint density at radius 1 is 1.45 bits per heavy atom. The summed E-state index contributed by atoms with van der Waals surface area (Å²) in [6.07, 6.45) is 5.76. The first-order valence-corrected chi connectivity index (χ1v) is 9.08. The van der Waals surface area contributed by atoms with Gasteiger partial charge in [-0.2, -0.15) is 0 Å². The van der Waals surface area contributed by atoms with E-state index in [9.17, 15) is 14.3 Å². The molecule has 2 aliphatic rings. The molecule has 3 rings (SSSR count). The van der Waals surface area contributed by atoms with Crippen LogP contribution in [0, 0.1) is 5.82 Å². The third kappa shape index (κ3) is 3.01. The number of hydrogen-bond donors (Lipinski definition) is 1. The lowest BCUT2D eigenvalue weighted by molar-refractivity contribution is -0.132. The molecule has 3 nitrogen and oxygen atoms in total. The van der Waals surface area contributed by atoms with Crippen molar-refractivity contribution in [3.05, 3.63) is 35.6 Å². The Labute approximate surface area is 134 Å². The minimum atomic E-state index is -0.650. The number of hydrogen-bond acceptors (Lipinski definition) is 3. The van der Waals surface area contributed by atoms with Crippen molar-refractivity contribution in [1.82, 2.24) is 4.90 Å². The first-order chi connectivity index (χ1) is 10.6. The van der Waals surface area contributed by atoms with Crippen molar-refractivity contribution in [2.24, 2.45) is 0 Å². The molecule has 1 N–H and O–H groups in total. The molecular weight excluding hydrogens is 301 g/mol. The van der Waals surface area contributed by atoms with E-state index in [4.69, 9.17) is 0 Å². The van der Waals surface area contributed by atoms with Gasteiger partial charge < -0.3 is 10.0 Å². The summed E-state index contributed by atoms with van der Waals surface area (Å²) in [6, 6.07) is 6.06. The second kappa shape index (κ2) is 6.20. The van der Waals surface area contributed by atoms with Crippen molar-refractivity contribution < 1.29 is 14.3 Å². The molecule has 1 heterocycles. The van der Waals surface area contributed by atoms with Crippen LogP contribution in [0.5, 0.6) is 0 Å². The molecule has 5 heteroatoms. The van der Waals surface area contributed by atoms with Gasteiger partial charge in [0.15, 0.2) is 0 Å². The SMILES string of the molecule is CSC1(C(=O)N2CCC[C@@H]2C[C@@H](O)c2ccc(F)cc2)CC1. The molecule has 22 heavy (non-hydrogen) atoms. The predicted molar refractivity (Wildman–Crippen MR) is 86.2 cm³/mol. The Bertz CT molecular complexity index is 544. The van der Waals surface area contributed by atoms with Crippen LogP contribution < -0.4 is 0 Å². The molecule has 1 aliphatic carbocycles. The van der Waals surface area contributed by atoms with E-state index in [1.807, 2.05) is 11.2 Å². The highest BCUT2D eigenvalue weighted by Gasteiger charge is 2.52. The third-order valence-electron chi connectivity index (χ3n) is 4.87. The van der Waals surface area contributed by atoms with Crippen molar-refractivity contribution in [3.63, 3.8) is 0 Å². The second-order valence-corrected chi connectivity index (χ2v) is 7.49. The zero-order valence-corrected chi connectivity index (χ0v) is 13.6. The number of rotatable bonds is 5. The molecule has 120 valence electrons. The Morgan fingerprint density at radius 3 is 2.73 bits per heavy atom. The number of halogens is 1. The van der Waals surface area contributed by atoms with Crippen LogP contribution >= 0.6 is 11.8 Å². The molecule has 0 radical (unpaired) electrons. The summed E-state index contributed by atoms with van der Waals surface area (Å²) in [5.41, 5.74) is 0.715. The van der Waals surface area contributed by atoms with Crippen LogP contribution in [-0.2, 0) is 4.79 Å². The number of nitrogens with zero attached hydrogens (tertiary/aromatic N) is 1. The third-order valence-corrected chi connectivity index (χ3v) is 6.24. The Hall–Kier alpha value is -1.07. The molecule has 1 saturated carbocycles. The fourth-order valence-electron chi connectivity index (χ4n) is 3.31. The van der Waals surface area contributed by atoms with Gasteiger partial charge in [0.1, 0.15) is 5.82 Å². The zero-order valence-electron chi connectivity index (χ0n) is 12.8. The van der Waals surface area contributed by atoms with Crippen LogP contribution in [0.1, 0.15) is 43.8 Å². The molecule has 1 saturated heterocycles. The monoisotopic (exact) mass is 323 g/mol. The normalized spacial score (nSPS) is 24.3. The van der Waals surface area contributed by atoms with Gasteiger partial charge in [-0.15, -0.1) is 11.8 Å². The highest BCUT2D eigenvalue weighted by Crippen LogP contribution is 2.49. The molecule has 0 spiro atoms. The number of aliphatic hydroxyl groups is 1. The van der Waals surface area contributed by atoms with Crippen molar-refractivity contribution >= 4 is 17.7 Å². The number of likely N-dealkylation sites (tertiary alicyclic amines) is 1. The Balaban J connectivity index is 1.66. The number of carbonyl (C=O) groups is 1. The predicted octanol–water partition coefficient (Wildman–Crippen LogP) is 3.14. The minimum absolute atomic E-state index is 0.0946. The van der Waals surface area contributed by atoms with E-state index in [0.29, 0.717) is 12.0 Å². The summed E-state index contributed by atoms with van der Waals surface area (Å²) in [4.78, 5) is 14.7. The molecule has 0 bridgehead atoms. The summed E-state index contributed by atoms with van der Waals surface area (Å²) in [6.45, 7) is 0.794. The highest BCUT2D eigenvalue weighted by molar-refractivity contribution is 8.01. The number of carbonyl (C=O) groups excluding carboxylic acids is 1. The van der Waals surface area contributed by atoms with Gasteiger partial charge in [0, 0.05) is 12.6 Å². The summed E-state index contributed by atoms with van der Waals surface area (Å²) >= 11 is 1.66. The van der Waals surface area contributed by atoms with Gasteiger partial charge in [0.2, 0.25) is 5.91 Å². The topological polar surface area (TPSA) is 40.5 Å². The average Bonchev–Trinajstić information content (AvgIpc) is 3.20. The quantitative estimate of drug-likeness (QED) is 0.905. The van der Waals surface area contributed by atoms with Gasteiger partial charge in [-0.05, 0) is 56.1 Å². The summed E-state index contributed by atoms with van der Waals surface area (Å²) in [7, 11) is 0. The smallest absolute Gasteiger partial charge is 0.239 e.